The first kappa shape index (κ1) is 68.1. The highest BCUT2D eigenvalue weighted by atomic mass is 16.4. The lowest BCUT2D eigenvalue weighted by Gasteiger charge is -2.26. The molecule has 486 valence electrons. The van der Waals surface area contributed by atoms with E-state index in [0.717, 1.165) is 95.0 Å². The van der Waals surface area contributed by atoms with Gasteiger partial charge in [0, 0.05) is 44.4 Å². The number of carbonyl (C=O) groups is 2. The van der Waals surface area contributed by atoms with Gasteiger partial charge in [-0.15, -0.1) is 0 Å². The number of nitrogens with one attached hydrogen (secondary N) is 2. The van der Waals surface area contributed by atoms with E-state index < -0.39 is 11.9 Å². The van der Waals surface area contributed by atoms with Crippen molar-refractivity contribution in [2.45, 2.75) is 209 Å². The van der Waals surface area contributed by atoms with Crippen molar-refractivity contribution < 1.29 is 19.8 Å². The summed E-state index contributed by atoms with van der Waals surface area (Å²) in [6.07, 6.45) is 8.65. The lowest BCUT2D eigenvalue weighted by atomic mass is 9.78. The van der Waals surface area contributed by atoms with Gasteiger partial charge in [0.2, 0.25) is 0 Å². The van der Waals surface area contributed by atoms with Crippen molar-refractivity contribution in [3.63, 3.8) is 0 Å². The molecule has 94 heavy (non-hydrogen) atoms. The molecule has 0 saturated carbocycles. The number of aromatic amines is 2. The first-order valence-electron chi connectivity index (χ1n) is 33.2. The summed E-state index contributed by atoms with van der Waals surface area (Å²) in [5.41, 5.74) is 22.1. The van der Waals surface area contributed by atoms with Crippen molar-refractivity contribution in [2.24, 2.45) is 0 Å². The number of benzene rings is 5. The van der Waals surface area contributed by atoms with Crippen LogP contribution in [0.25, 0.3) is 90.9 Å². The third-order valence-corrected chi connectivity index (χ3v) is 18.5. The molecule has 0 amide bonds. The Bertz CT molecular complexity index is 4600. The number of hydrogen-bond donors (Lipinski definition) is 4. The van der Waals surface area contributed by atoms with Crippen LogP contribution in [0, 0.1) is 11.8 Å². The number of H-pyrrole nitrogens is 2. The van der Waals surface area contributed by atoms with Crippen LogP contribution in [0.3, 0.4) is 0 Å². The van der Waals surface area contributed by atoms with Gasteiger partial charge in [0.05, 0.1) is 45.0 Å². The Labute approximate surface area is 559 Å². The van der Waals surface area contributed by atoms with Crippen molar-refractivity contribution in [1.29, 1.82) is 0 Å². The third-order valence-electron chi connectivity index (χ3n) is 18.5. The summed E-state index contributed by atoms with van der Waals surface area (Å²) in [7, 11) is 0. The van der Waals surface area contributed by atoms with Gasteiger partial charge < -0.3 is 20.2 Å². The van der Waals surface area contributed by atoms with Gasteiger partial charge in [0.15, 0.2) is 0 Å². The summed E-state index contributed by atoms with van der Waals surface area (Å²) >= 11 is 0. The van der Waals surface area contributed by atoms with E-state index in [-0.39, 0.29) is 54.4 Å². The Balaban J connectivity index is 1.53. The van der Waals surface area contributed by atoms with Crippen LogP contribution in [0.15, 0.2) is 109 Å². The van der Waals surface area contributed by atoms with Gasteiger partial charge in [-0.1, -0.05) is 251 Å². The number of carboxylic acid groups (broad SMARTS) is 2. The molecule has 0 fully saturated rings. The predicted octanol–water partition coefficient (Wildman–Crippen LogP) is 22.5. The highest BCUT2D eigenvalue weighted by Gasteiger charge is 2.30. The summed E-state index contributed by atoms with van der Waals surface area (Å²) in [6.45, 7) is 54.5. The van der Waals surface area contributed by atoms with Crippen LogP contribution in [-0.4, -0.2) is 42.1 Å². The van der Waals surface area contributed by atoms with E-state index in [4.69, 9.17) is 9.97 Å². The highest BCUT2D eigenvalue weighted by Crippen LogP contribution is 2.46. The topological polar surface area (TPSA) is 132 Å². The van der Waals surface area contributed by atoms with Crippen LogP contribution in [-0.2, 0) is 43.3 Å². The van der Waals surface area contributed by atoms with Crippen LogP contribution in [0.4, 0.5) is 0 Å². The Kier molecular flexibility index (Phi) is 17.1. The molecule has 0 radical (unpaired) electrons. The molecule has 3 aromatic heterocycles. The van der Waals surface area contributed by atoms with E-state index in [1.165, 1.54) is 45.5 Å². The standard InChI is InChI=1S/C86H98N4O4/c1-79(2,3)55-36-51(37-56(45-55)80(4,5)6)72-65-29-30-66(87-65)73(52-38-57(81(7,8)9)46-58(39-52)82(10,11)12)68-33-34-70(89-68)75(54-42-61(85(19,20)21)48-62(43-54)86(22,23)24)76-50(27-25-49-26-28-63(77(91)92)64(35-49)78(93)94)44-71(90-76)74(69-32-31-67(72)88-69)53-40-59(83(13,14)15)47-60(41-53)84(16,17)18/h26,28-48,87,90H,1-24H3,(H,91,92)(H,93,94). The molecule has 0 spiro atoms. The second kappa shape index (κ2) is 23.6. The molecule has 2 aliphatic rings. The number of carboxylic acids is 2. The average Bonchev–Trinajstić information content (AvgIpc) is 1.55. The number of fused-ring (bicyclic) bond motifs is 8. The molecule has 5 aromatic carbocycles. The van der Waals surface area contributed by atoms with E-state index in [1.807, 2.05) is 0 Å². The predicted molar refractivity (Wildman–Crippen MR) is 397 cm³/mol. The Morgan fingerprint density at radius 2 is 0.606 bits per heavy atom. The van der Waals surface area contributed by atoms with Crippen LogP contribution in [0.2, 0.25) is 0 Å². The van der Waals surface area contributed by atoms with E-state index in [9.17, 15) is 19.8 Å². The Hall–Kier alpha value is -8.80. The summed E-state index contributed by atoms with van der Waals surface area (Å²) in [4.78, 5) is 45.2. The van der Waals surface area contributed by atoms with Crippen molar-refractivity contribution in [3.8, 4) is 56.3 Å². The lowest BCUT2D eigenvalue weighted by Crippen LogP contribution is -2.16. The smallest absolute Gasteiger partial charge is 0.336 e. The molecule has 0 atom stereocenters. The zero-order valence-electron chi connectivity index (χ0n) is 60.3. The Morgan fingerprint density at radius 3 is 0.904 bits per heavy atom. The number of nitrogens with zero attached hydrogens (tertiary/aromatic N) is 2. The van der Waals surface area contributed by atoms with E-state index in [0.29, 0.717) is 16.6 Å². The highest BCUT2D eigenvalue weighted by molar-refractivity contribution is 6.03. The van der Waals surface area contributed by atoms with Gasteiger partial charge in [-0.05, 0) is 171 Å². The molecule has 4 N–H and O–H groups in total. The second-order valence-electron chi connectivity index (χ2n) is 34.5. The maximum Gasteiger partial charge on any atom is 0.336 e. The number of rotatable bonds is 6. The second-order valence-corrected chi connectivity index (χ2v) is 34.5. The molecule has 5 heterocycles. The van der Waals surface area contributed by atoms with Crippen molar-refractivity contribution in [1.82, 2.24) is 19.9 Å². The molecule has 8 nitrogen and oxygen atoms in total. The summed E-state index contributed by atoms with van der Waals surface area (Å²) in [5, 5.41) is 20.5. The average molecular weight is 1250 g/mol. The quantitative estimate of drug-likeness (QED) is 0.123. The van der Waals surface area contributed by atoms with Gasteiger partial charge in [-0.3, -0.25) is 0 Å². The molecular weight excluding hydrogens is 1150 g/mol. The minimum Gasteiger partial charge on any atom is -0.478 e. The van der Waals surface area contributed by atoms with Crippen LogP contribution in [0.5, 0.6) is 0 Å². The van der Waals surface area contributed by atoms with Gasteiger partial charge in [0.1, 0.15) is 0 Å². The lowest BCUT2D eigenvalue weighted by molar-refractivity contribution is 0.0651. The minimum atomic E-state index is -1.35. The normalized spacial score (nSPS) is 13.3. The third kappa shape index (κ3) is 14.0. The molecular formula is C86H98N4O4. The van der Waals surface area contributed by atoms with Crippen LogP contribution >= 0.6 is 0 Å². The van der Waals surface area contributed by atoms with Gasteiger partial charge >= 0.3 is 11.9 Å². The fourth-order valence-corrected chi connectivity index (χ4v) is 12.3. The van der Waals surface area contributed by atoms with Gasteiger partial charge in [0.25, 0.3) is 0 Å². The van der Waals surface area contributed by atoms with Crippen LogP contribution in [0.1, 0.15) is 265 Å². The van der Waals surface area contributed by atoms with E-state index in [1.54, 1.807) is 6.07 Å². The largest absolute Gasteiger partial charge is 0.478 e. The molecule has 8 bridgehead atoms. The fraction of sp³-hybridized carbons (Fsp3) is 0.372. The first-order valence-corrected chi connectivity index (χ1v) is 33.2. The number of hydrogen-bond acceptors (Lipinski definition) is 4. The summed E-state index contributed by atoms with van der Waals surface area (Å²) in [6, 6.07) is 38.9. The zero-order valence-corrected chi connectivity index (χ0v) is 60.3. The molecule has 10 rings (SSSR count). The van der Waals surface area contributed by atoms with Gasteiger partial charge in [-0.25, -0.2) is 19.6 Å². The van der Waals surface area contributed by atoms with E-state index >= 15 is 0 Å². The molecule has 0 saturated heterocycles. The number of aromatic nitrogens is 4. The van der Waals surface area contributed by atoms with Crippen molar-refractivity contribution in [2.75, 3.05) is 0 Å². The molecule has 0 aliphatic carbocycles. The van der Waals surface area contributed by atoms with E-state index in [2.05, 4.69) is 303 Å². The van der Waals surface area contributed by atoms with Crippen LogP contribution < -0.4 is 0 Å². The summed E-state index contributed by atoms with van der Waals surface area (Å²) in [5.74, 6) is 4.25. The van der Waals surface area contributed by atoms with Crippen molar-refractivity contribution >= 4 is 58.3 Å². The van der Waals surface area contributed by atoms with Crippen molar-refractivity contribution in [3.05, 3.63) is 199 Å². The molecule has 8 aromatic rings. The fourth-order valence-electron chi connectivity index (χ4n) is 12.3. The Morgan fingerprint density at radius 1 is 0.319 bits per heavy atom. The first-order chi connectivity index (χ1) is 43.2. The maximum atomic E-state index is 12.7. The SMILES string of the molecule is CC(C)(C)c1cc(-c2c3nc(c(-c4cc(C(C)(C)C)cc(C(C)(C)C)c4)c4cc(C#Cc5ccc(C(=O)O)c(C(=O)O)c5)c([nH]4)c(-c4cc(C(C)(C)C)cc(C(C)(C)C)c4)c4nc(c(-c5cc(C(C)(C)C)cc(C(C)(C)C)c5)c5ccc2[nH]5)C=C4)C=C3)cc(C(C)(C)C)c1. The minimum absolute atomic E-state index is 0.181. The van der Waals surface area contributed by atoms with Gasteiger partial charge in [-0.2, -0.15) is 0 Å². The number of aromatic carboxylic acids is 2. The summed E-state index contributed by atoms with van der Waals surface area (Å²) < 4.78 is 0. The monoisotopic (exact) mass is 1250 g/mol. The molecule has 2 aliphatic heterocycles. The maximum absolute atomic E-state index is 12.7. The molecule has 0 unspecified atom stereocenters. The zero-order chi connectivity index (χ0) is 69.1. The molecule has 8 heteroatoms.